The zero-order chi connectivity index (χ0) is 19.9. The van der Waals surface area contributed by atoms with Crippen LogP contribution in [-0.4, -0.2) is 37.5 Å². The summed E-state index contributed by atoms with van der Waals surface area (Å²) >= 11 is 2.95. The van der Waals surface area contributed by atoms with Crippen molar-refractivity contribution in [1.82, 2.24) is 4.98 Å². The number of hydrogen-bond donors (Lipinski definition) is 0. The van der Waals surface area contributed by atoms with Crippen molar-refractivity contribution in [3.63, 3.8) is 0 Å². The molecule has 0 radical (unpaired) electrons. The molecule has 3 rings (SSSR count). The van der Waals surface area contributed by atoms with E-state index in [4.69, 9.17) is 19.2 Å². The van der Waals surface area contributed by atoms with E-state index in [9.17, 15) is 4.79 Å². The summed E-state index contributed by atoms with van der Waals surface area (Å²) < 4.78 is 16.3. The van der Waals surface area contributed by atoms with Crippen molar-refractivity contribution in [2.75, 3.05) is 26.6 Å². The molecule has 0 amide bonds. The third-order valence-corrected chi connectivity index (χ3v) is 6.16. The first-order chi connectivity index (χ1) is 13.6. The summed E-state index contributed by atoms with van der Waals surface area (Å²) in [6.07, 6.45) is 0. The molecule has 1 heterocycles. The van der Waals surface area contributed by atoms with Crippen LogP contribution in [0.5, 0.6) is 11.5 Å². The molecule has 0 saturated heterocycles. The summed E-state index contributed by atoms with van der Waals surface area (Å²) in [5, 5.41) is 0. The molecule has 28 heavy (non-hydrogen) atoms. The van der Waals surface area contributed by atoms with Crippen LogP contribution in [0.25, 0.3) is 21.7 Å². The van der Waals surface area contributed by atoms with E-state index < -0.39 is 0 Å². The van der Waals surface area contributed by atoms with E-state index in [1.807, 2.05) is 48.5 Å². The maximum Gasteiger partial charge on any atom is 0.316 e. The van der Waals surface area contributed by atoms with E-state index >= 15 is 0 Å². The van der Waals surface area contributed by atoms with Crippen LogP contribution in [0, 0.1) is 0 Å². The van der Waals surface area contributed by atoms with E-state index in [-0.39, 0.29) is 11.7 Å². The van der Waals surface area contributed by atoms with Gasteiger partial charge in [-0.1, -0.05) is 11.8 Å². The Labute approximate surface area is 172 Å². The first-order valence-corrected chi connectivity index (χ1v) is 10.5. The molecule has 0 unspecified atom stereocenters. The summed E-state index contributed by atoms with van der Waals surface area (Å²) in [7, 11) is 3.29. The summed E-state index contributed by atoms with van der Waals surface area (Å²) in [5.74, 6) is 1.60. The highest BCUT2D eigenvalue weighted by molar-refractivity contribution is 8.01. The Morgan fingerprint density at radius 3 is 2.07 bits per heavy atom. The van der Waals surface area contributed by atoms with Gasteiger partial charge in [0.25, 0.3) is 0 Å². The van der Waals surface area contributed by atoms with Crippen molar-refractivity contribution in [2.45, 2.75) is 11.3 Å². The molecule has 0 N–H and O–H groups in total. The van der Waals surface area contributed by atoms with Gasteiger partial charge in [-0.3, -0.25) is 4.79 Å². The number of carbonyl (C=O) groups excluding carboxylic acids is 1. The predicted molar refractivity (Wildman–Crippen MR) is 113 cm³/mol. The van der Waals surface area contributed by atoms with Crippen molar-refractivity contribution >= 4 is 29.1 Å². The number of thiazole rings is 1. The number of aromatic nitrogens is 1. The van der Waals surface area contributed by atoms with Gasteiger partial charge in [0.1, 0.15) is 11.5 Å². The lowest BCUT2D eigenvalue weighted by Crippen LogP contribution is -2.06. The van der Waals surface area contributed by atoms with Gasteiger partial charge in [-0.05, 0) is 61.0 Å². The molecule has 0 aliphatic carbocycles. The fourth-order valence-corrected chi connectivity index (χ4v) is 4.54. The van der Waals surface area contributed by atoms with Crippen LogP contribution >= 0.6 is 23.1 Å². The predicted octanol–water partition coefficient (Wildman–Crippen LogP) is 5.15. The number of esters is 1. The number of nitrogens with zero attached hydrogens (tertiary/aromatic N) is 1. The van der Waals surface area contributed by atoms with Gasteiger partial charge in [0.05, 0.1) is 37.2 Å². The number of thioether (sulfide) groups is 1. The fourth-order valence-electron chi connectivity index (χ4n) is 2.57. The molecular formula is C21H21NO4S2. The van der Waals surface area contributed by atoms with Crippen LogP contribution in [-0.2, 0) is 9.53 Å². The minimum Gasteiger partial charge on any atom is -0.497 e. The molecule has 5 nitrogen and oxygen atoms in total. The number of methoxy groups -OCH3 is 2. The molecule has 0 atom stereocenters. The third kappa shape index (κ3) is 4.85. The van der Waals surface area contributed by atoms with Crippen molar-refractivity contribution in [2.24, 2.45) is 0 Å². The lowest BCUT2D eigenvalue weighted by molar-refractivity contribution is -0.139. The Morgan fingerprint density at radius 2 is 1.54 bits per heavy atom. The van der Waals surface area contributed by atoms with Crippen LogP contribution < -0.4 is 9.47 Å². The van der Waals surface area contributed by atoms with Gasteiger partial charge >= 0.3 is 5.97 Å². The van der Waals surface area contributed by atoms with Crippen LogP contribution in [0.1, 0.15) is 6.92 Å². The molecule has 146 valence electrons. The molecule has 0 spiro atoms. The largest absolute Gasteiger partial charge is 0.497 e. The standard InChI is InChI=1S/C21H21NO4S2/c1-4-26-18(23)13-27-21-22-19(14-5-9-16(24-2)10-6-14)20(28-21)15-7-11-17(25-3)12-8-15/h5-12H,4,13H2,1-3H3. The van der Waals surface area contributed by atoms with Gasteiger partial charge in [0, 0.05) is 5.56 Å². The second-order valence-electron chi connectivity index (χ2n) is 5.71. The quantitative estimate of drug-likeness (QED) is 0.375. The van der Waals surface area contributed by atoms with Gasteiger partial charge in [-0.2, -0.15) is 0 Å². The first kappa shape index (κ1) is 20.2. The Bertz CT molecular complexity index is 856. The first-order valence-electron chi connectivity index (χ1n) is 8.72. The van der Waals surface area contributed by atoms with Gasteiger partial charge in [-0.15, -0.1) is 11.3 Å². The minimum atomic E-state index is -0.236. The maximum absolute atomic E-state index is 11.7. The molecule has 2 aromatic carbocycles. The SMILES string of the molecule is CCOC(=O)CSc1nc(-c2ccc(OC)cc2)c(-c2ccc(OC)cc2)s1. The molecule has 1 aromatic heterocycles. The van der Waals surface area contributed by atoms with Crippen LogP contribution in [0.3, 0.4) is 0 Å². The smallest absolute Gasteiger partial charge is 0.316 e. The monoisotopic (exact) mass is 415 g/mol. The number of benzene rings is 2. The normalized spacial score (nSPS) is 10.5. The Kier molecular flexibility index (Phi) is 6.95. The van der Waals surface area contributed by atoms with Crippen LogP contribution in [0.4, 0.5) is 0 Å². The molecule has 0 fully saturated rings. The van der Waals surface area contributed by atoms with Crippen molar-refractivity contribution in [3.8, 4) is 33.2 Å². The topological polar surface area (TPSA) is 57.7 Å². The van der Waals surface area contributed by atoms with Crippen molar-refractivity contribution in [1.29, 1.82) is 0 Å². The van der Waals surface area contributed by atoms with E-state index in [1.165, 1.54) is 11.8 Å². The average molecular weight is 416 g/mol. The van der Waals surface area contributed by atoms with Gasteiger partial charge < -0.3 is 14.2 Å². The Balaban J connectivity index is 1.95. The Hall–Kier alpha value is -2.51. The highest BCUT2D eigenvalue weighted by Gasteiger charge is 2.17. The third-order valence-electron chi connectivity index (χ3n) is 3.94. The Morgan fingerprint density at radius 1 is 0.964 bits per heavy atom. The van der Waals surface area contributed by atoms with Crippen molar-refractivity contribution < 1.29 is 19.0 Å². The molecule has 0 bridgehead atoms. The molecular weight excluding hydrogens is 394 g/mol. The van der Waals surface area contributed by atoms with Crippen LogP contribution in [0.15, 0.2) is 52.9 Å². The average Bonchev–Trinajstić information content (AvgIpc) is 3.17. The number of hydrogen-bond acceptors (Lipinski definition) is 7. The lowest BCUT2D eigenvalue weighted by atomic mass is 10.1. The summed E-state index contributed by atoms with van der Waals surface area (Å²) in [5.41, 5.74) is 2.92. The highest BCUT2D eigenvalue weighted by atomic mass is 32.2. The van der Waals surface area contributed by atoms with E-state index in [0.717, 1.165) is 37.5 Å². The lowest BCUT2D eigenvalue weighted by Gasteiger charge is -2.05. The van der Waals surface area contributed by atoms with E-state index in [1.54, 1.807) is 32.5 Å². The summed E-state index contributed by atoms with van der Waals surface area (Å²) in [6.45, 7) is 2.18. The van der Waals surface area contributed by atoms with E-state index in [2.05, 4.69) is 0 Å². The second kappa shape index (κ2) is 9.61. The molecule has 7 heteroatoms. The minimum absolute atomic E-state index is 0.236. The molecule has 0 aliphatic heterocycles. The van der Waals surface area contributed by atoms with E-state index in [0.29, 0.717) is 6.61 Å². The van der Waals surface area contributed by atoms with Crippen molar-refractivity contribution in [3.05, 3.63) is 48.5 Å². The number of ether oxygens (including phenoxy) is 3. The second-order valence-corrected chi connectivity index (χ2v) is 7.93. The molecule has 0 saturated carbocycles. The number of carbonyl (C=O) groups is 1. The van der Waals surface area contributed by atoms with Gasteiger partial charge in [-0.25, -0.2) is 4.98 Å². The highest BCUT2D eigenvalue weighted by Crippen LogP contribution is 2.41. The van der Waals surface area contributed by atoms with Gasteiger partial charge in [0.2, 0.25) is 0 Å². The van der Waals surface area contributed by atoms with Crippen LogP contribution in [0.2, 0.25) is 0 Å². The maximum atomic E-state index is 11.7. The molecule has 0 aliphatic rings. The summed E-state index contributed by atoms with van der Waals surface area (Å²) in [4.78, 5) is 17.5. The summed E-state index contributed by atoms with van der Waals surface area (Å²) in [6, 6.07) is 15.7. The van der Waals surface area contributed by atoms with Gasteiger partial charge in [0.15, 0.2) is 4.34 Å². The fraction of sp³-hybridized carbons (Fsp3) is 0.238. The zero-order valence-electron chi connectivity index (χ0n) is 15.9. The number of rotatable bonds is 8. The zero-order valence-corrected chi connectivity index (χ0v) is 17.6. The molecule has 3 aromatic rings.